The van der Waals surface area contributed by atoms with Crippen LogP contribution in [-0.4, -0.2) is 23.3 Å². The largest absolute Gasteiger partial charge is 0.392 e. The van der Waals surface area contributed by atoms with E-state index in [4.69, 9.17) is 9.26 Å². The van der Waals surface area contributed by atoms with Gasteiger partial charge >= 0.3 is 0 Å². The fourth-order valence-electron chi connectivity index (χ4n) is 1.60. The molecule has 0 aliphatic carbocycles. The predicted octanol–water partition coefficient (Wildman–Crippen LogP) is 1.57. The first kappa shape index (κ1) is 13.3. The van der Waals surface area contributed by atoms with Gasteiger partial charge in [0.25, 0.3) is 5.91 Å². The lowest BCUT2D eigenvalue weighted by Crippen LogP contribution is -2.13. The molecule has 0 unspecified atom stereocenters. The number of carbonyl (C=O) groups excluding carboxylic acids is 1. The van der Waals surface area contributed by atoms with Crippen molar-refractivity contribution in [2.45, 2.75) is 13.2 Å². The predicted molar refractivity (Wildman–Crippen MR) is 67.5 cm³/mol. The Morgan fingerprint density at radius 3 is 3.00 bits per heavy atom. The first-order valence-electron chi connectivity index (χ1n) is 5.69. The molecule has 1 amide bonds. The van der Waals surface area contributed by atoms with E-state index in [9.17, 15) is 9.90 Å². The summed E-state index contributed by atoms with van der Waals surface area (Å²) in [4.78, 5) is 11.9. The molecule has 0 aliphatic rings. The Labute approximate surface area is 110 Å². The van der Waals surface area contributed by atoms with E-state index in [-0.39, 0.29) is 18.9 Å². The zero-order valence-electron chi connectivity index (χ0n) is 10.4. The molecule has 2 aromatic rings. The van der Waals surface area contributed by atoms with Crippen molar-refractivity contribution >= 4 is 11.6 Å². The normalized spacial score (nSPS) is 10.4. The van der Waals surface area contributed by atoms with Gasteiger partial charge in [-0.15, -0.1) is 0 Å². The van der Waals surface area contributed by atoms with Gasteiger partial charge < -0.3 is 19.7 Å². The van der Waals surface area contributed by atoms with Crippen molar-refractivity contribution in [1.82, 2.24) is 5.16 Å². The molecule has 0 atom stereocenters. The fraction of sp³-hybridized carbons (Fsp3) is 0.231. The van der Waals surface area contributed by atoms with Crippen LogP contribution in [0.5, 0.6) is 0 Å². The second kappa shape index (κ2) is 6.12. The number of ether oxygens (including phenoxy) is 1. The fourth-order valence-corrected chi connectivity index (χ4v) is 1.60. The minimum Gasteiger partial charge on any atom is -0.392 e. The van der Waals surface area contributed by atoms with Crippen LogP contribution in [0.2, 0.25) is 0 Å². The van der Waals surface area contributed by atoms with Crippen LogP contribution >= 0.6 is 0 Å². The van der Waals surface area contributed by atoms with E-state index in [2.05, 4.69) is 10.5 Å². The lowest BCUT2D eigenvalue weighted by atomic mass is 10.2. The van der Waals surface area contributed by atoms with Crippen molar-refractivity contribution < 1.29 is 19.2 Å². The standard InChI is InChI=1S/C13H14N2O4/c1-18-8-10-6-12(15-19-10)13(17)14-11-5-3-2-4-9(11)7-16/h2-6,16H,7-8H2,1H3,(H,14,17). The molecule has 1 aromatic heterocycles. The zero-order chi connectivity index (χ0) is 13.7. The minimum absolute atomic E-state index is 0.149. The highest BCUT2D eigenvalue weighted by molar-refractivity contribution is 6.03. The molecule has 100 valence electrons. The molecule has 6 nitrogen and oxygen atoms in total. The van der Waals surface area contributed by atoms with Crippen LogP contribution in [0, 0.1) is 0 Å². The highest BCUT2D eigenvalue weighted by Crippen LogP contribution is 2.16. The van der Waals surface area contributed by atoms with Crippen LogP contribution in [0.4, 0.5) is 5.69 Å². The Morgan fingerprint density at radius 2 is 2.26 bits per heavy atom. The molecular weight excluding hydrogens is 248 g/mol. The van der Waals surface area contributed by atoms with Crippen LogP contribution < -0.4 is 5.32 Å². The molecule has 1 aromatic carbocycles. The van der Waals surface area contributed by atoms with Gasteiger partial charge in [0.15, 0.2) is 11.5 Å². The molecule has 0 radical (unpaired) electrons. The molecule has 0 bridgehead atoms. The summed E-state index contributed by atoms with van der Waals surface area (Å²) < 4.78 is 9.81. The van der Waals surface area contributed by atoms with Crippen molar-refractivity contribution in [1.29, 1.82) is 0 Å². The van der Waals surface area contributed by atoms with E-state index in [1.165, 1.54) is 13.2 Å². The first-order valence-corrected chi connectivity index (χ1v) is 5.69. The second-order valence-electron chi connectivity index (χ2n) is 3.88. The number of para-hydroxylation sites is 1. The van der Waals surface area contributed by atoms with Gasteiger partial charge in [-0.1, -0.05) is 23.4 Å². The van der Waals surface area contributed by atoms with E-state index in [0.29, 0.717) is 17.0 Å². The van der Waals surface area contributed by atoms with Crippen molar-refractivity contribution in [3.8, 4) is 0 Å². The van der Waals surface area contributed by atoms with E-state index in [0.717, 1.165) is 0 Å². The summed E-state index contributed by atoms with van der Waals surface area (Å²) in [5, 5.41) is 15.5. The van der Waals surface area contributed by atoms with Gasteiger partial charge in [0, 0.05) is 24.4 Å². The van der Waals surface area contributed by atoms with E-state index in [1.807, 2.05) is 0 Å². The molecule has 6 heteroatoms. The summed E-state index contributed by atoms with van der Waals surface area (Å²) in [7, 11) is 1.53. The Bertz CT molecular complexity index is 565. The number of methoxy groups -OCH3 is 1. The van der Waals surface area contributed by atoms with Gasteiger partial charge in [-0.25, -0.2) is 0 Å². The highest BCUT2D eigenvalue weighted by Gasteiger charge is 2.13. The third-order valence-electron chi connectivity index (χ3n) is 2.51. The molecule has 0 saturated heterocycles. The molecule has 0 aliphatic heterocycles. The van der Waals surface area contributed by atoms with Crippen molar-refractivity contribution in [3.05, 3.63) is 47.3 Å². The topological polar surface area (TPSA) is 84.6 Å². The summed E-state index contributed by atoms with van der Waals surface area (Å²) in [5.74, 6) is 0.0788. The number of carbonyl (C=O) groups is 1. The lowest BCUT2D eigenvalue weighted by Gasteiger charge is -2.07. The molecule has 0 spiro atoms. The third kappa shape index (κ3) is 3.18. The Morgan fingerprint density at radius 1 is 1.47 bits per heavy atom. The number of benzene rings is 1. The van der Waals surface area contributed by atoms with Crippen molar-refractivity contribution in [2.24, 2.45) is 0 Å². The van der Waals surface area contributed by atoms with E-state index in [1.54, 1.807) is 24.3 Å². The van der Waals surface area contributed by atoms with Gasteiger partial charge in [0.05, 0.1) is 6.61 Å². The Balaban J connectivity index is 2.11. The van der Waals surface area contributed by atoms with Crippen LogP contribution in [-0.2, 0) is 18.0 Å². The first-order chi connectivity index (χ1) is 9.24. The minimum atomic E-state index is -0.396. The summed E-state index contributed by atoms with van der Waals surface area (Å²) in [6.07, 6.45) is 0. The average Bonchev–Trinajstić information content (AvgIpc) is 2.88. The summed E-state index contributed by atoms with van der Waals surface area (Å²) in [6.45, 7) is 0.109. The van der Waals surface area contributed by atoms with Gasteiger partial charge in [-0.05, 0) is 6.07 Å². The van der Waals surface area contributed by atoms with Crippen molar-refractivity contribution in [3.63, 3.8) is 0 Å². The molecule has 0 saturated carbocycles. The maximum absolute atomic E-state index is 11.9. The maximum atomic E-state index is 11.9. The Kier molecular flexibility index (Phi) is 4.27. The van der Waals surface area contributed by atoms with E-state index < -0.39 is 5.91 Å². The van der Waals surface area contributed by atoms with E-state index >= 15 is 0 Å². The number of rotatable bonds is 5. The number of aliphatic hydroxyl groups excluding tert-OH is 1. The molecule has 1 heterocycles. The molecular formula is C13H14N2O4. The lowest BCUT2D eigenvalue weighted by molar-refractivity contribution is 0.101. The average molecular weight is 262 g/mol. The van der Waals surface area contributed by atoms with Crippen LogP contribution in [0.1, 0.15) is 21.8 Å². The monoisotopic (exact) mass is 262 g/mol. The van der Waals surface area contributed by atoms with Crippen LogP contribution in [0.3, 0.4) is 0 Å². The number of aromatic nitrogens is 1. The zero-order valence-corrected chi connectivity index (χ0v) is 10.4. The number of aliphatic hydroxyl groups is 1. The quantitative estimate of drug-likeness (QED) is 0.854. The SMILES string of the molecule is COCc1cc(C(=O)Nc2ccccc2CO)no1. The van der Waals surface area contributed by atoms with Gasteiger partial charge in [0.1, 0.15) is 6.61 Å². The maximum Gasteiger partial charge on any atom is 0.277 e. The van der Waals surface area contributed by atoms with Gasteiger partial charge in [-0.3, -0.25) is 4.79 Å². The molecule has 0 fully saturated rings. The summed E-state index contributed by atoms with van der Waals surface area (Å²) in [5.41, 5.74) is 1.35. The van der Waals surface area contributed by atoms with Crippen LogP contribution in [0.25, 0.3) is 0 Å². The Hall–Kier alpha value is -2.18. The smallest absolute Gasteiger partial charge is 0.277 e. The van der Waals surface area contributed by atoms with Gasteiger partial charge in [-0.2, -0.15) is 0 Å². The number of amides is 1. The third-order valence-corrected chi connectivity index (χ3v) is 2.51. The number of hydrogen-bond acceptors (Lipinski definition) is 5. The van der Waals surface area contributed by atoms with Crippen molar-refractivity contribution in [2.75, 3.05) is 12.4 Å². The molecule has 2 N–H and O–H groups in total. The van der Waals surface area contributed by atoms with Gasteiger partial charge in [0.2, 0.25) is 0 Å². The molecule has 19 heavy (non-hydrogen) atoms. The molecule has 2 rings (SSSR count). The second-order valence-corrected chi connectivity index (χ2v) is 3.88. The van der Waals surface area contributed by atoms with Crippen LogP contribution in [0.15, 0.2) is 34.9 Å². The number of nitrogens with one attached hydrogen (secondary N) is 1. The summed E-state index contributed by atoms with van der Waals surface area (Å²) >= 11 is 0. The number of hydrogen-bond donors (Lipinski definition) is 2. The number of nitrogens with zero attached hydrogens (tertiary/aromatic N) is 1. The number of anilines is 1. The summed E-state index contributed by atoms with van der Waals surface area (Å²) in [6, 6.07) is 8.51. The highest BCUT2D eigenvalue weighted by atomic mass is 16.5.